The Labute approximate surface area is 174 Å². The second-order valence-electron chi connectivity index (χ2n) is 7.93. The van der Waals surface area contributed by atoms with Crippen LogP contribution in [0.25, 0.3) is 22.6 Å². The lowest BCUT2D eigenvalue weighted by Crippen LogP contribution is -2.23. The van der Waals surface area contributed by atoms with Gasteiger partial charge in [0.25, 0.3) is 0 Å². The highest BCUT2D eigenvalue weighted by Gasteiger charge is 2.26. The summed E-state index contributed by atoms with van der Waals surface area (Å²) in [5.74, 6) is -1.04. The number of alkyl halides is 1. The lowest BCUT2D eigenvalue weighted by molar-refractivity contribution is 0.0699. The fourth-order valence-electron chi connectivity index (χ4n) is 3.58. The van der Waals surface area contributed by atoms with E-state index in [1.54, 1.807) is 24.4 Å². The summed E-state index contributed by atoms with van der Waals surface area (Å²) in [5.41, 5.74) is 2.28. The molecule has 1 N–H and O–H groups in total. The third kappa shape index (κ3) is 4.48. The van der Waals surface area contributed by atoms with Crippen LogP contribution in [0.2, 0.25) is 0 Å². The van der Waals surface area contributed by atoms with Gasteiger partial charge in [-0.15, -0.1) is 0 Å². The maximum atomic E-state index is 14.9. The number of benzene rings is 1. The summed E-state index contributed by atoms with van der Waals surface area (Å²) < 4.78 is 35.2. The van der Waals surface area contributed by atoms with Gasteiger partial charge in [-0.1, -0.05) is 0 Å². The Bertz CT molecular complexity index is 992. The van der Waals surface area contributed by atoms with Crippen molar-refractivity contribution < 1.29 is 13.5 Å². The molecule has 1 fully saturated rings. The van der Waals surface area contributed by atoms with Crippen molar-refractivity contribution in [3.8, 4) is 22.6 Å². The summed E-state index contributed by atoms with van der Waals surface area (Å²) in [5, 5.41) is 3.29. The first-order valence-electron chi connectivity index (χ1n) is 10.1. The van der Waals surface area contributed by atoms with Gasteiger partial charge in [-0.3, -0.25) is 4.57 Å². The first-order valence-corrected chi connectivity index (χ1v) is 10.1. The summed E-state index contributed by atoms with van der Waals surface area (Å²) in [6.45, 7) is 5.22. The smallest absolute Gasteiger partial charge is 0.223 e. The number of ether oxygens (including phenoxy) is 1. The van der Waals surface area contributed by atoms with Crippen LogP contribution < -0.4 is 5.32 Å². The highest BCUT2D eigenvalue weighted by molar-refractivity contribution is 5.77. The first kappa shape index (κ1) is 20.4. The number of halogens is 2. The van der Waals surface area contributed by atoms with E-state index in [2.05, 4.69) is 20.3 Å². The van der Waals surface area contributed by atoms with Gasteiger partial charge in [0.05, 0.1) is 23.4 Å². The SMILES string of the molecule is CC(C)(F)n1cnc(-c2ccc(F)cc2)c1-c1ccnc(NCC2CCOCC2)n1. The van der Waals surface area contributed by atoms with Crippen LogP contribution in [0.4, 0.5) is 14.7 Å². The van der Waals surface area contributed by atoms with Gasteiger partial charge in [0.15, 0.2) is 5.79 Å². The van der Waals surface area contributed by atoms with E-state index in [1.165, 1.54) is 36.9 Å². The summed E-state index contributed by atoms with van der Waals surface area (Å²) in [6.07, 6.45) is 5.10. The first-order chi connectivity index (χ1) is 14.4. The lowest BCUT2D eigenvalue weighted by atomic mass is 10.0. The van der Waals surface area contributed by atoms with E-state index in [0.717, 1.165) is 32.6 Å². The van der Waals surface area contributed by atoms with E-state index < -0.39 is 5.79 Å². The fourth-order valence-corrected chi connectivity index (χ4v) is 3.58. The van der Waals surface area contributed by atoms with Crippen molar-refractivity contribution in [3.63, 3.8) is 0 Å². The van der Waals surface area contributed by atoms with Crippen LogP contribution in [0.15, 0.2) is 42.9 Å². The average Bonchev–Trinajstić information content (AvgIpc) is 3.20. The van der Waals surface area contributed by atoms with Gasteiger partial charge in [-0.25, -0.2) is 23.7 Å². The van der Waals surface area contributed by atoms with Gasteiger partial charge in [-0.05, 0) is 62.9 Å². The predicted molar refractivity (Wildman–Crippen MR) is 111 cm³/mol. The standard InChI is InChI=1S/C22H25F2N5O/c1-22(2,24)29-14-27-19(16-3-5-17(23)6-4-16)20(29)18-7-10-25-21(28-18)26-13-15-8-11-30-12-9-15/h3-7,10,14-15H,8-9,11-13H2,1-2H3,(H,25,26,28). The Morgan fingerprint density at radius 2 is 1.87 bits per heavy atom. The summed E-state index contributed by atoms with van der Waals surface area (Å²) in [7, 11) is 0. The number of imidazole rings is 1. The quantitative estimate of drug-likeness (QED) is 0.637. The second-order valence-corrected chi connectivity index (χ2v) is 7.93. The maximum Gasteiger partial charge on any atom is 0.223 e. The molecule has 1 aromatic carbocycles. The summed E-state index contributed by atoms with van der Waals surface area (Å²) >= 11 is 0. The number of hydrogen-bond donors (Lipinski definition) is 1. The average molecular weight is 413 g/mol. The zero-order chi connectivity index (χ0) is 21.1. The third-order valence-corrected chi connectivity index (χ3v) is 5.25. The van der Waals surface area contributed by atoms with E-state index in [0.29, 0.717) is 34.5 Å². The molecule has 2 aromatic heterocycles. The van der Waals surface area contributed by atoms with E-state index >= 15 is 0 Å². The molecule has 6 nitrogen and oxygen atoms in total. The number of anilines is 1. The highest BCUT2D eigenvalue weighted by atomic mass is 19.1. The predicted octanol–water partition coefficient (Wildman–Crippen LogP) is 4.65. The minimum absolute atomic E-state index is 0.341. The molecule has 1 aliphatic heterocycles. The molecule has 0 atom stereocenters. The van der Waals surface area contributed by atoms with Crippen LogP contribution in [-0.2, 0) is 10.5 Å². The molecule has 1 aliphatic rings. The van der Waals surface area contributed by atoms with Gasteiger partial charge in [0.2, 0.25) is 5.95 Å². The second kappa shape index (κ2) is 8.47. The molecule has 1 saturated heterocycles. The number of rotatable bonds is 6. The van der Waals surface area contributed by atoms with Crippen molar-refractivity contribution in [2.24, 2.45) is 5.92 Å². The zero-order valence-electron chi connectivity index (χ0n) is 17.1. The molecule has 8 heteroatoms. The van der Waals surface area contributed by atoms with E-state index in [9.17, 15) is 8.78 Å². The largest absolute Gasteiger partial charge is 0.381 e. The molecular formula is C22H25F2N5O. The molecule has 0 amide bonds. The van der Waals surface area contributed by atoms with Crippen molar-refractivity contribution >= 4 is 5.95 Å². The molecule has 0 spiro atoms. The molecule has 3 aromatic rings. The van der Waals surface area contributed by atoms with E-state index in [1.807, 2.05) is 0 Å². The maximum absolute atomic E-state index is 14.9. The van der Waals surface area contributed by atoms with Crippen molar-refractivity contribution in [3.05, 3.63) is 48.7 Å². The van der Waals surface area contributed by atoms with Gasteiger partial charge in [0, 0.05) is 31.5 Å². The van der Waals surface area contributed by atoms with E-state index in [4.69, 9.17) is 4.74 Å². The lowest BCUT2D eigenvalue weighted by Gasteiger charge is -2.22. The van der Waals surface area contributed by atoms with E-state index in [-0.39, 0.29) is 5.82 Å². The van der Waals surface area contributed by atoms with Crippen LogP contribution in [0.5, 0.6) is 0 Å². The Hall–Kier alpha value is -2.87. The minimum Gasteiger partial charge on any atom is -0.381 e. The van der Waals surface area contributed by atoms with Gasteiger partial charge in [-0.2, -0.15) is 0 Å². The number of aromatic nitrogens is 4. The van der Waals surface area contributed by atoms with Crippen molar-refractivity contribution in [2.75, 3.05) is 25.1 Å². The normalized spacial score (nSPS) is 15.3. The monoisotopic (exact) mass is 413 g/mol. The topological polar surface area (TPSA) is 64.9 Å². The fraction of sp³-hybridized carbons (Fsp3) is 0.409. The van der Waals surface area contributed by atoms with Gasteiger partial charge < -0.3 is 10.1 Å². The Morgan fingerprint density at radius 3 is 2.57 bits per heavy atom. The summed E-state index contributed by atoms with van der Waals surface area (Å²) in [4.78, 5) is 13.3. The number of nitrogens with one attached hydrogen (secondary N) is 1. The van der Waals surface area contributed by atoms with Crippen LogP contribution in [0.1, 0.15) is 26.7 Å². The van der Waals surface area contributed by atoms with Crippen LogP contribution in [-0.4, -0.2) is 39.3 Å². The molecule has 0 saturated carbocycles. The molecular weight excluding hydrogens is 388 g/mol. The van der Waals surface area contributed by atoms with Crippen molar-refractivity contribution in [1.29, 1.82) is 0 Å². The molecule has 3 heterocycles. The minimum atomic E-state index is -1.69. The molecule has 0 radical (unpaired) electrons. The Morgan fingerprint density at radius 1 is 1.13 bits per heavy atom. The molecule has 30 heavy (non-hydrogen) atoms. The molecule has 158 valence electrons. The zero-order valence-corrected chi connectivity index (χ0v) is 17.1. The third-order valence-electron chi connectivity index (χ3n) is 5.25. The van der Waals surface area contributed by atoms with Crippen molar-refractivity contribution in [1.82, 2.24) is 19.5 Å². The van der Waals surface area contributed by atoms with Crippen molar-refractivity contribution in [2.45, 2.75) is 32.5 Å². The molecule has 0 bridgehead atoms. The Balaban J connectivity index is 1.68. The molecule has 0 aliphatic carbocycles. The summed E-state index contributed by atoms with van der Waals surface area (Å²) in [6, 6.07) is 7.70. The molecule has 0 unspecified atom stereocenters. The highest BCUT2D eigenvalue weighted by Crippen LogP contribution is 2.34. The van der Waals surface area contributed by atoms with Crippen LogP contribution >= 0.6 is 0 Å². The Kier molecular flexibility index (Phi) is 5.76. The van der Waals surface area contributed by atoms with Gasteiger partial charge >= 0.3 is 0 Å². The number of hydrogen-bond acceptors (Lipinski definition) is 5. The number of nitrogens with zero attached hydrogens (tertiary/aromatic N) is 4. The van der Waals surface area contributed by atoms with Crippen LogP contribution in [0.3, 0.4) is 0 Å². The van der Waals surface area contributed by atoms with Crippen LogP contribution in [0, 0.1) is 11.7 Å². The molecule has 4 rings (SSSR count). The van der Waals surface area contributed by atoms with Gasteiger partial charge in [0.1, 0.15) is 5.82 Å².